The summed E-state index contributed by atoms with van der Waals surface area (Å²) in [6, 6.07) is 20.2. The summed E-state index contributed by atoms with van der Waals surface area (Å²) in [6.45, 7) is 1.79. The second-order valence-electron chi connectivity index (χ2n) is 7.66. The van der Waals surface area contributed by atoms with E-state index in [1.807, 2.05) is 42.5 Å². The van der Waals surface area contributed by atoms with Gasteiger partial charge in [-0.05, 0) is 56.0 Å². The van der Waals surface area contributed by atoms with Crippen molar-refractivity contribution >= 4 is 37.2 Å². The number of fused-ring (bicyclic) bond motifs is 2. The highest BCUT2D eigenvalue weighted by Crippen LogP contribution is 2.30. The summed E-state index contributed by atoms with van der Waals surface area (Å²) in [5, 5.41) is 30.1. The highest BCUT2D eigenvalue weighted by Gasteiger charge is 2.20. The summed E-state index contributed by atoms with van der Waals surface area (Å²) in [5.41, 5.74) is 1.72. The Hall–Kier alpha value is -3.13. The van der Waals surface area contributed by atoms with Gasteiger partial charge in [0.1, 0.15) is 0 Å². The molecule has 1 unspecified atom stereocenters. The zero-order valence-electron chi connectivity index (χ0n) is 18.4. The van der Waals surface area contributed by atoms with E-state index in [2.05, 4.69) is 0 Å². The van der Waals surface area contributed by atoms with Crippen molar-refractivity contribution < 1.29 is 15.1 Å². The van der Waals surface area contributed by atoms with Crippen LogP contribution in [0.1, 0.15) is 36.8 Å². The van der Waals surface area contributed by atoms with Crippen LogP contribution in [0, 0.1) is 10.1 Å². The standard InChI is InChI=1S/C24H21NO4S.C2H6O/c26-15-17(18-8-1-3-10-21(18)25(28)29)7-5-6-16-12-13-23-20(14-16)24(27)19-9-2-4-11-22(19)30-23;1-2-3/h1-4,8-14,17,26H,5-7,15H2;3H,2H2,1H3. The Morgan fingerprint density at radius 1 is 0.970 bits per heavy atom. The first-order chi connectivity index (χ1) is 16.0. The van der Waals surface area contributed by atoms with Gasteiger partial charge in [-0.2, -0.15) is 0 Å². The Balaban J connectivity index is 0.000000968. The lowest BCUT2D eigenvalue weighted by Gasteiger charge is -2.14. The number of aliphatic hydroxyl groups is 2. The second-order valence-corrected chi connectivity index (χ2v) is 8.75. The van der Waals surface area contributed by atoms with E-state index in [0.717, 1.165) is 38.6 Å². The van der Waals surface area contributed by atoms with Crippen molar-refractivity contribution in [2.24, 2.45) is 0 Å². The van der Waals surface area contributed by atoms with Gasteiger partial charge in [0.15, 0.2) is 5.43 Å². The molecule has 0 fully saturated rings. The van der Waals surface area contributed by atoms with Crippen molar-refractivity contribution in [2.75, 3.05) is 13.2 Å². The van der Waals surface area contributed by atoms with Crippen LogP contribution in [0.15, 0.2) is 71.5 Å². The van der Waals surface area contributed by atoms with Gasteiger partial charge in [-0.3, -0.25) is 14.9 Å². The predicted octanol–water partition coefficient (Wildman–Crippen LogP) is 5.42. The number of rotatable bonds is 7. The second kappa shape index (κ2) is 11.7. The third-order valence-electron chi connectivity index (χ3n) is 5.45. The Labute approximate surface area is 195 Å². The molecule has 2 N–H and O–H groups in total. The van der Waals surface area contributed by atoms with E-state index < -0.39 is 4.92 Å². The first kappa shape index (κ1) is 24.5. The summed E-state index contributed by atoms with van der Waals surface area (Å²) in [5.74, 6) is -0.284. The average molecular weight is 466 g/mol. The molecule has 0 aliphatic rings. The Morgan fingerprint density at radius 3 is 2.36 bits per heavy atom. The van der Waals surface area contributed by atoms with Gasteiger partial charge in [0.05, 0.1) is 11.5 Å². The van der Waals surface area contributed by atoms with Crippen molar-refractivity contribution in [3.05, 3.63) is 98.2 Å². The normalized spacial score (nSPS) is 11.7. The molecule has 6 nitrogen and oxygen atoms in total. The number of nitrogens with zero attached hydrogens (tertiary/aromatic N) is 1. The molecule has 1 heterocycles. The van der Waals surface area contributed by atoms with Crippen molar-refractivity contribution in [3.63, 3.8) is 0 Å². The highest BCUT2D eigenvalue weighted by molar-refractivity contribution is 7.24. The number of benzene rings is 3. The van der Waals surface area contributed by atoms with E-state index in [9.17, 15) is 20.0 Å². The molecular weight excluding hydrogens is 438 g/mol. The third kappa shape index (κ3) is 5.82. The molecule has 0 spiro atoms. The van der Waals surface area contributed by atoms with E-state index in [0.29, 0.717) is 12.0 Å². The molecule has 33 heavy (non-hydrogen) atoms. The highest BCUT2D eigenvalue weighted by atomic mass is 32.1. The van der Waals surface area contributed by atoms with Crippen LogP contribution < -0.4 is 5.43 Å². The molecule has 1 atom stereocenters. The van der Waals surface area contributed by atoms with Crippen molar-refractivity contribution in [1.82, 2.24) is 0 Å². The van der Waals surface area contributed by atoms with E-state index in [-0.39, 0.29) is 30.2 Å². The summed E-state index contributed by atoms with van der Waals surface area (Å²) < 4.78 is 1.95. The zero-order chi connectivity index (χ0) is 23.8. The molecule has 0 amide bonds. The molecular formula is C26H27NO5S. The summed E-state index contributed by atoms with van der Waals surface area (Å²) in [7, 11) is 0. The van der Waals surface area contributed by atoms with Crippen molar-refractivity contribution in [1.29, 1.82) is 0 Å². The van der Waals surface area contributed by atoms with E-state index in [1.165, 1.54) is 6.07 Å². The van der Waals surface area contributed by atoms with Crippen LogP contribution in [-0.2, 0) is 6.42 Å². The first-order valence-electron chi connectivity index (χ1n) is 10.9. The van der Waals surface area contributed by atoms with Gasteiger partial charge < -0.3 is 10.2 Å². The van der Waals surface area contributed by atoms with Gasteiger partial charge in [0, 0.05) is 44.3 Å². The molecule has 3 aromatic carbocycles. The van der Waals surface area contributed by atoms with Gasteiger partial charge >= 0.3 is 0 Å². The molecule has 4 rings (SSSR count). The average Bonchev–Trinajstić information content (AvgIpc) is 2.83. The molecule has 1 aromatic heterocycles. The minimum Gasteiger partial charge on any atom is -0.397 e. The van der Waals surface area contributed by atoms with E-state index in [1.54, 1.807) is 36.5 Å². The molecule has 0 saturated carbocycles. The molecule has 0 aliphatic heterocycles. The molecule has 0 saturated heterocycles. The smallest absolute Gasteiger partial charge is 0.272 e. The SMILES string of the molecule is CCO.O=c1c2ccccc2sc2ccc(CCCC(CO)c3ccccc3[N+](=O)[O-])cc12. The molecule has 0 bridgehead atoms. The van der Waals surface area contributed by atoms with Crippen LogP contribution in [0.3, 0.4) is 0 Å². The number of para-hydroxylation sites is 1. The topological polar surface area (TPSA) is 101 Å². The van der Waals surface area contributed by atoms with Gasteiger partial charge in [-0.25, -0.2) is 0 Å². The fraction of sp³-hybridized carbons (Fsp3) is 0.269. The number of hydrogen-bond donors (Lipinski definition) is 2. The predicted molar refractivity (Wildman–Crippen MR) is 134 cm³/mol. The van der Waals surface area contributed by atoms with Crippen molar-refractivity contribution in [3.8, 4) is 0 Å². The Kier molecular flexibility index (Phi) is 8.65. The minimum atomic E-state index is -0.400. The number of aliphatic hydroxyl groups excluding tert-OH is 2. The Morgan fingerprint density at radius 2 is 1.64 bits per heavy atom. The maximum absolute atomic E-state index is 12.9. The van der Waals surface area contributed by atoms with Gasteiger partial charge in [-0.15, -0.1) is 11.3 Å². The summed E-state index contributed by atoms with van der Waals surface area (Å²) in [4.78, 5) is 23.7. The fourth-order valence-electron chi connectivity index (χ4n) is 3.90. The number of nitro groups is 1. The lowest BCUT2D eigenvalue weighted by atomic mass is 9.92. The minimum absolute atomic E-state index is 0.0478. The van der Waals surface area contributed by atoms with E-state index >= 15 is 0 Å². The fourth-order valence-corrected chi connectivity index (χ4v) is 4.95. The maximum atomic E-state index is 12.9. The molecule has 7 heteroatoms. The molecule has 0 radical (unpaired) electrons. The quantitative estimate of drug-likeness (QED) is 0.216. The number of aryl methyl sites for hydroxylation is 1. The zero-order valence-corrected chi connectivity index (χ0v) is 19.3. The summed E-state index contributed by atoms with van der Waals surface area (Å²) >= 11 is 1.61. The number of hydrogen-bond acceptors (Lipinski definition) is 6. The molecule has 172 valence electrons. The lowest BCUT2D eigenvalue weighted by Crippen LogP contribution is -2.08. The molecule has 4 aromatic rings. The van der Waals surface area contributed by atoms with E-state index in [4.69, 9.17) is 5.11 Å². The van der Waals surface area contributed by atoms with Crippen LogP contribution >= 0.6 is 11.3 Å². The van der Waals surface area contributed by atoms with Gasteiger partial charge in [0.25, 0.3) is 5.69 Å². The maximum Gasteiger partial charge on any atom is 0.272 e. The van der Waals surface area contributed by atoms with Crippen LogP contribution in [0.25, 0.3) is 20.2 Å². The third-order valence-corrected chi connectivity index (χ3v) is 6.60. The van der Waals surface area contributed by atoms with Crippen LogP contribution in [0.5, 0.6) is 0 Å². The van der Waals surface area contributed by atoms with Crippen molar-refractivity contribution in [2.45, 2.75) is 32.1 Å². The number of nitro benzene ring substituents is 1. The van der Waals surface area contributed by atoms with Crippen LogP contribution in [-0.4, -0.2) is 28.4 Å². The largest absolute Gasteiger partial charge is 0.397 e. The first-order valence-corrected chi connectivity index (χ1v) is 11.7. The monoisotopic (exact) mass is 465 g/mol. The van der Waals surface area contributed by atoms with Crippen LogP contribution in [0.4, 0.5) is 5.69 Å². The van der Waals surface area contributed by atoms with Gasteiger partial charge in [-0.1, -0.05) is 36.4 Å². The Bertz CT molecular complexity index is 1300. The summed E-state index contributed by atoms with van der Waals surface area (Å²) in [6.07, 6.45) is 2.13. The molecule has 0 aliphatic carbocycles. The lowest BCUT2D eigenvalue weighted by molar-refractivity contribution is -0.385. The van der Waals surface area contributed by atoms with Crippen LogP contribution in [0.2, 0.25) is 0 Å². The van der Waals surface area contributed by atoms with Gasteiger partial charge in [0.2, 0.25) is 0 Å².